The Kier molecular flexibility index (Phi) is 6.55. The Morgan fingerprint density at radius 3 is 2.50 bits per heavy atom. The van der Waals surface area contributed by atoms with Gasteiger partial charge in [-0.3, -0.25) is 10.3 Å². The van der Waals surface area contributed by atoms with Gasteiger partial charge in [0.25, 0.3) is 0 Å². The van der Waals surface area contributed by atoms with Gasteiger partial charge in [-0.2, -0.15) is 13.2 Å². The summed E-state index contributed by atoms with van der Waals surface area (Å²) in [4.78, 5) is 5.02. The molecule has 9 heteroatoms. The zero-order valence-electron chi connectivity index (χ0n) is 19.1. The molecule has 1 saturated heterocycles. The Bertz CT molecular complexity index is 834. The minimum absolute atomic E-state index is 0.0875. The van der Waals surface area contributed by atoms with Crippen LogP contribution in [-0.2, 0) is 4.74 Å². The van der Waals surface area contributed by atoms with Gasteiger partial charge < -0.3 is 10.1 Å². The first-order chi connectivity index (χ1) is 15.0. The van der Waals surface area contributed by atoms with E-state index in [0.29, 0.717) is 11.7 Å². The molecule has 2 aliphatic heterocycles. The number of fused-ring (bicyclic) bond motifs is 1. The lowest BCUT2D eigenvalue weighted by molar-refractivity contribution is -0.123. The van der Waals surface area contributed by atoms with Crippen LogP contribution in [-0.4, -0.2) is 43.1 Å². The van der Waals surface area contributed by atoms with E-state index in [9.17, 15) is 13.2 Å². The third-order valence-electron chi connectivity index (χ3n) is 6.51. The van der Waals surface area contributed by atoms with Crippen molar-refractivity contribution in [3.05, 3.63) is 35.1 Å². The van der Waals surface area contributed by atoms with Gasteiger partial charge in [-0.1, -0.05) is 45.3 Å². The first-order valence-electron chi connectivity index (χ1n) is 11.4. The van der Waals surface area contributed by atoms with E-state index in [0.717, 1.165) is 29.7 Å². The molecule has 0 spiro atoms. The molecule has 0 aromatic carbocycles. The molecule has 4 rings (SSSR count). The summed E-state index contributed by atoms with van der Waals surface area (Å²) in [5.74, 6) is -0.0875. The normalized spacial score (nSPS) is 31.6. The van der Waals surface area contributed by atoms with Crippen LogP contribution >= 0.6 is 0 Å². The van der Waals surface area contributed by atoms with E-state index in [-0.39, 0.29) is 30.0 Å². The first kappa shape index (κ1) is 23.5. The monoisotopic (exact) mass is 453 g/mol. The number of aliphatic imine (C=N–C) groups is 1. The predicted molar refractivity (Wildman–Crippen MR) is 118 cm³/mol. The summed E-state index contributed by atoms with van der Waals surface area (Å²) in [7, 11) is 0. The molecular formula is C23H34F3N5O. The highest BCUT2D eigenvalue weighted by Gasteiger charge is 2.39. The molecule has 0 amide bonds. The van der Waals surface area contributed by atoms with Crippen molar-refractivity contribution in [2.45, 2.75) is 84.2 Å². The Morgan fingerprint density at radius 2 is 1.84 bits per heavy atom. The summed E-state index contributed by atoms with van der Waals surface area (Å²) in [6.45, 7) is 7.16. The number of nitrogens with zero attached hydrogens (tertiary/aromatic N) is 1. The summed E-state index contributed by atoms with van der Waals surface area (Å²) in [6, 6.07) is 0.295. The van der Waals surface area contributed by atoms with E-state index >= 15 is 0 Å². The Hall–Kier alpha value is -1.68. The number of dihydropyridines is 1. The van der Waals surface area contributed by atoms with E-state index in [2.05, 4.69) is 42.3 Å². The summed E-state index contributed by atoms with van der Waals surface area (Å²) in [6.07, 6.45) is 5.56. The summed E-state index contributed by atoms with van der Waals surface area (Å²) >= 11 is 0. The average molecular weight is 454 g/mol. The largest absolute Gasteiger partial charge is 0.405 e. The molecule has 1 saturated carbocycles. The molecule has 32 heavy (non-hydrogen) atoms. The van der Waals surface area contributed by atoms with Crippen molar-refractivity contribution >= 4 is 5.71 Å². The Balaban J connectivity index is 1.51. The van der Waals surface area contributed by atoms with E-state index < -0.39 is 12.7 Å². The Morgan fingerprint density at radius 1 is 1.12 bits per heavy atom. The van der Waals surface area contributed by atoms with Crippen molar-refractivity contribution in [1.82, 2.24) is 21.5 Å². The average Bonchev–Trinajstić information content (AvgIpc) is 3.37. The van der Waals surface area contributed by atoms with Gasteiger partial charge in [0, 0.05) is 17.7 Å². The molecule has 2 aliphatic carbocycles. The fraction of sp³-hybridized carbons (Fsp3) is 0.696. The number of alkyl halides is 3. The molecule has 0 aromatic heterocycles. The number of hydrazine groups is 1. The van der Waals surface area contributed by atoms with Crippen LogP contribution in [0.15, 0.2) is 40.1 Å². The SMILES string of the molecule is CC1=CC(C2NNC(NC3CCCC3)O2)=NC2C(C(C)(C)C)=CC(NCC(F)(F)F)=CC12. The van der Waals surface area contributed by atoms with Crippen molar-refractivity contribution in [1.29, 1.82) is 0 Å². The number of nitrogens with one attached hydrogen (secondary N) is 4. The molecular weight excluding hydrogens is 419 g/mol. The molecule has 4 unspecified atom stereocenters. The van der Waals surface area contributed by atoms with Gasteiger partial charge in [0.05, 0.1) is 11.8 Å². The summed E-state index contributed by atoms with van der Waals surface area (Å²) in [5, 5.41) is 6.04. The van der Waals surface area contributed by atoms with Crippen molar-refractivity contribution in [2.24, 2.45) is 16.3 Å². The molecule has 0 bridgehead atoms. The maximum Gasteiger partial charge on any atom is 0.405 e. The molecule has 4 atom stereocenters. The lowest BCUT2D eigenvalue weighted by atomic mass is 9.72. The molecule has 0 radical (unpaired) electrons. The fourth-order valence-electron chi connectivity index (χ4n) is 4.84. The van der Waals surface area contributed by atoms with Crippen molar-refractivity contribution in [3.63, 3.8) is 0 Å². The molecule has 2 fully saturated rings. The zero-order valence-corrected chi connectivity index (χ0v) is 19.1. The highest BCUT2D eigenvalue weighted by atomic mass is 19.4. The van der Waals surface area contributed by atoms with Crippen molar-refractivity contribution < 1.29 is 17.9 Å². The highest BCUT2D eigenvalue weighted by molar-refractivity contribution is 6.00. The van der Waals surface area contributed by atoms with Gasteiger partial charge in [0.2, 0.25) is 0 Å². The van der Waals surface area contributed by atoms with Crippen LogP contribution in [0.4, 0.5) is 13.2 Å². The van der Waals surface area contributed by atoms with Gasteiger partial charge in [0.15, 0.2) is 12.6 Å². The van der Waals surface area contributed by atoms with Crippen LogP contribution < -0.4 is 21.5 Å². The number of hydrogen-bond acceptors (Lipinski definition) is 6. The van der Waals surface area contributed by atoms with Crippen LogP contribution in [0.3, 0.4) is 0 Å². The third kappa shape index (κ3) is 5.44. The van der Waals surface area contributed by atoms with Gasteiger partial charge in [-0.15, -0.1) is 0 Å². The van der Waals surface area contributed by atoms with Crippen LogP contribution in [0.25, 0.3) is 0 Å². The second-order valence-corrected chi connectivity index (χ2v) is 10.2. The maximum absolute atomic E-state index is 12.8. The molecule has 178 valence electrons. The molecule has 6 nitrogen and oxygen atoms in total. The number of allylic oxidation sites excluding steroid dienone is 1. The summed E-state index contributed by atoms with van der Waals surface area (Å²) < 4.78 is 44.4. The Labute approximate surface area is 187 Å². The number of hydrogen-bond donors (Lipinski definition) is 4. The van der Waals surface area contributed by atoms with E-state index in [1.165, 1.54) is 12.8 Å². The number of rotatable bonds is 5. The smallest absolute Gasteiger partial charge is 0.377 e. The standard InChI is InChI=1S/C23H34F3N5O/c1-13-9-18(20-30-31-21(32-20)28-14-7-5-6-8-14)29-19-16(13)10-15(27-12-23(24,25)26)11-17(19)22(2,3)4/h9-11,14,16,19-21,27-28,30-31H,5-8,12H2,1-4H3. The first-order valence-corrected chi connectivity index (χ1v) is 11.4. The van der Waals surface area contributed by atoms with E-state index in [1.54, 1.807) is 0 Å². The molecule has 0 aromatic rings. The number of ether oxygens (including phenoxy) is 1. The van der Waals surface area contributed by atoms with E-state index in [1.807, 2.05) is 25.2 Å². The fourth-order valence-corrected chi connectivity index (χ4v) is 4.84. The second kappa shape index (κ2) is 8.93. The minimum Gasteiger partial charge on any atom is -0.377 e. The van der Waals surface area contributed by atoms with Crippen molar-refractivity contribution in [2.75, 3.05) is 6.54 Å². The summed E-state index contributed by atoms with van der Waals surface area (Å²) in [5.41, 5.74) is 9.45. The van der Waals surface area contributed by atoms with Crippen molar-refractivity contribution in [3.8, 4) is 0 Å². The zero-order chi connectivity index (χ0) is 23.1. The van der Waals surface area contributed by atoms with Gasteiger partial charge >= 0.3 is 6.18 Å². The molecule has 4 aliphatic rings. The van der Waals surface area contributed by atoms with Crippen LogP contribution in [0, 0.1) is 11.3 Å². The third-order valence-corrected chi connectivity index (χ3v) is 6.51. The number of halogens is 3. The minimum atomic E-state index is -4.27. The quantitative estimate of drug-likeness (QED) is 0.512. The van der Waals surface area contributed by atoms with E-state index in [4.69, 9.17) is 9.73 Å². The predicted octanol–water partition coefficient (Wildman–Crippen LogP) is 3.66. The molecule has 2 heterocycles. The molecule has 4 N–H and O–H groups in total. The lowest BCUT2D eigenvalue weighted by Gasteiger charge is -2.39. The highest BCUT2D eigenvalue weighted by Crippen LogP contribution is 2.41. The van der Waals surface area contributed by atoms with Gasteiger partial charge in [-0.05, 0) is 42.9 Å². The lowest BCUT2D eigenvalue weighted by Crippen LogP contribution is -2.46. The second-order valence-electron chi connectivity index (χ2n) is 10.2. The van der Waals surface area contributed by atoms with Crippen LogP contribution in [0.1, 0.15) is 53.4 Å². The topological polar surface area (TPSA) is 69.7 Å². The van der Waals surface area contributed by atoms with Crippen LogP contribution in [0.2, 0.25) is 0 Å². The van der Waals surface area contributed by atoms with Crippen LogP contribution in [0.5, 0.6) is 0 Å². The van der Waals surface area contributed by atoms with Gasteiger partial charge in [0.1, 0.15) is 6.54 Å². The van der Waals surface area contributed by atoms with Gasteiger partial charge in [-0.25, -0.2) is 10.9 Å². The maximum atomic E-state index is 12.8.